The van der Waals surface area contributed by atoms with E-state index in [1.807, 2.05) is 0 Å². The zero-order chi connectivity index (χ0) is 14.0. The highest BCUT2D eigenvalue weighted by atomic mass is 16.5. The Hall–Kier alpha value is -1.36. The van der Waals surface area contributed by atoms with E-state index in [0.29, 0.717) is 17.8 Å². The molecule has 3 N–H and O–H groups in total. The van der Waals surface area contributed by atoms with E-state index in [0.717, 1.165) is 30.8 Å². The maximum Gasteiger partial charge on any atom is 0.135 e. The minimum absolute atomic E-state index is 0.0769. The van der Waals surface area contributed by atoms with Crippen molar-refractivity contribution in [2.24, 2.45) is 0 Å². The predicted octanol–water partition coefficient (Wildman–Crippen LogP) is 2.55. The largest absolute Gasteiger partial charge is 0.383 e. The van der Waals surface area contributed by atoms with E-state index in [2.05, 4.69) is 43.0 Å². The van der Waals surface area contributed by atoms with Crippen LogP contribution in [0, 0.1) is 0 Å². The molecule has 0 radical (unpaired) electrons. The summed E-state index contributed by atoms with van der Waals surface area (Å²) >= 11 is 0. The van der Waals surface area contributed by atoms with Crippen LogP contribution in [0.2, 0.25) is 0 Å². The van der Waals surface area contributed by atoms with E-state index in [1.54, 1.807) is 0 Å². The van der Waals surface area contributed by atoms with Crippen molar-refractivity contribution in [3.63, 3.8) is 0 Å². The fourth-order valence-electron chi connectivity index (χ4n) is 2.64. The van der Waals surface area contributed by atoms with Crippen LogP contribution in [-0.4, -0.2) is 28.2 Å². The van der Waals surface area contributed by atoms with Crippen molar-refractivity contribution in [3.8, 4) is 0 Å². The Balaban J connectivity index is 2.17. The third kappa shape index (κ3) is 3.35. The molecule has 1 atom stereocenters. The lowest BCUT2D eigenvalue weighted by atomic mass is 9.93. The number of nitrogen functional groups attached to an aromatic ring is 1. The van der Waals surface area contributed by atoms with Gasteiger partial charge in [-0.15, -0.1) is 0 Å². The molecule has 1 saturated heterocycles. The van der Waals surface area contributed by atoms with Crippen LogP contribution in [0.1, 0.15) is 52.0 Å². The number of nitrogens with one attached hydrogen (secondary N) is 1. The molecule has 2 heterocycles. The third-order valence-electron chi connectivity index (χ3n) is 3.53. The zero-order valence-corrected chi connectivity index (χ0v) is 12.2. The fraction of sp³-hybridized carbons (Fsp3) is 0.714. The third-order valence-corrected chi connectivity index (χ3v) is 3.53. The molecular weight excluding hydrogens is 240 g/mol. The second-order valence-electron chi connectivity index (χ2n) is 6.12. The monoisotopic (exact) mass is 264 g/mol. The number of ether oxygens (including phenoxy) is 1. The number of anilines is 2. The van der Waals surface area contributed by atoms with Crippen LogP contribution in [0.3, 0.4) is 0 Å². The number of rotatable bonds is 3. The van der Waals surface area contributed by atoms with Crippen LogP contribution in [0.5, 0.6) is 0 Å². The summed E-state index contributed by atoms with van der Waals surface area (Å²) in [6, 6.07) is 0.371. The van der Waals surface area contributed by atoms with Crippen molar-refractivity contribution in [2.75, 3.05) is 17.7 Å². The van der Waals surface area contributed by atoms with Gasteiger partial charge in [-0.05, 0) is 32.6 Å². The van der Waals surface area contributed by atoms with E-state index in [1.165, 1.54) is 6.33 Å². The van der Waals surface area contributed by atoms with E-state index in [-0.39, 0.29) is 5.60 Å². The summed E-state index contributed by atoms with van der Waals surface area (Å²) in [5.41, 5.74) is 6.89. The number of nitrogens with two attached hydrogens (primary N) is 1. The second-order valence-corrected chi connectivity index (χ2v) is 6.12. The summed E-state index contributed by atoms with van der Waals surface area (Å²) in [4.78, 5) is 8.44. The topological polar surface area (TPSA) is 73.1 Å². The van der Waals surface area contributed by atoms with Gasteiger partial charge in [0.05, 0.1) is 5.60 Å². The number of aromatic nitrogens is 2. The molecular formula is C14H24N4O. The van der Waals surface area contributed by atoms with Gasteiger partial charge in [-0.25, -0.2) is 9.97 Å². The molecule has 0 aliphatic carbocycles. The Morgan fingerprint density at radius 3 is 2.79 bits per heavy atom. The highest BCUT2D eigenvalue weighted by Gasteiger charge is 2.29. The van der Waals surface area contributed by atoms with Gasteiger partial charge in [0, 0.05) is 18.2 Å². The van der Waals surface area contributed by atoms with Gasteiger partial charge in [0.1, 0.15) is 18.0 Å². The first-order valence-electron chi connectivity index (χ1n) is 6.90. The first-order chi connectivity index (χ1) is 8.89. The maximum atomic E-state index is 5.96. The molecule has 19 heavy (non-hydrogen) atoms. The smallest absolute Gasteiger partial charge is 0.135 e. The summed E-state index contributed by atoms with van der Waals surface area (Å²) in [5, 5.41) is 3.52. The Kier molecular flexibility index (Phi) is 3.94. The predicted molar refractivity (Wildman–Crippen MR) is 77.2 cm³/mol. The Labute approximate surface area is 115 Å². The highest BCUT2D eigenvalue weighted by Crippen LogP contribution is 2.30. The fourth-order valence-corrected chi connectivity index (χ4v) is 2.64. The van der Waals surface area contributed by atoms with Gasteiger partial charge in [-0.1, -0.05) is 13.8 Å². The lowest BCUT2D eigenvalue weighted by molar-refractivity contribution is -0.0553. The molecule has 1 aliphatic rings. The number of hydrogen-bond donors (Lipinski definition) is 2. The molecule has 0 saturated carbocycles. The van der Waals surface area contributed by atoms with Crippen molar-refractivity contribution in [1.82, 2.24) is 9.97 Å². The SMILES string of the molecule is CC(C)c1c(N)ncnc1NC1CCOC(C)(C)C1. The molecule has 106 valence electrons. The van der Waals surface area contributed by atoms with Gasteiger partial charge in [0.2, 0.25) is 0 Å². The minimum atomic E-state index is -0.0769. The quantitative estimate of drug-likeness (QED) is 0.877. The lowest BCUT2D eigenvalue weighted by Crippen LogP contribution is -2.40. The van der Waals surface area contributed by atoms with Crippen molar-refractivity contribution in [2.45, 2.75) is 58.1 Å². The normalized spacial score (nSPS) is 22.5. The summed E-state index contributed by atoms with van der Waals surface area (Å²) in [6.45, 7) is 9.24. The Bertz CT molecular complexity index is 445. The highest BCUT2D eigenvalue weighted by molar-refractivity contribution is 5.57. The summed E-state index contributed by atoms with van der Waals surface area (Å²) in [5.74, 6) is 1.74. The zero-order valence-electron chi connectivity index (χ0n) is 12.2. The van der Waals surface area contributed by atoms with Gasteiger partial charge in [-0.3, -0.25) is 0 Å². The molecule has 1 aliphatic heterocycles. The molecule has 5 heteroatoms. The minimum Gasteiger partial charge on any atom is -0.383 e. The van der Waals surface area contributed by atoms with Crippen LogP contribution < -0.4 is 11.1 Å². The van der Waals surface area contributed by atoms with Crippen molar-refractivity contribution >= 4 is 11.6 Å². The standard InChI is InChI=1S/C14H24N4O/c1-9(2)11-12(15)16-8-17-13(11)18-10-5-6-19-14(3,4)7-10/h8-10H,5-7H2,1-4H3,(H3,15,16,17,18). The lowest BCUT2D eigenvalue weighted by Gasteiger charge is -2.36. The molecule has 0 aromatic carbocycles. The van der Waals surface area contributed by atoms with Crippen molar-refractivity contribution in [3.05, 3.63) is 11.9 Å². The van der Waals surface area contributed by atoms with Gasteiger partial charge in [0.25, 0.3) is 0 Å². The summed E-state index contributed by atoms with van der Waals surface area (Å²) < 4.78 is 5.74. The molecule has 5 nitrogen and oxygen atoms in total. The van der Waals surface area contributed by atoms with Crippen molar-refractivity contribution < 1.29 is 4.74 Å². The molecule has 0 spiro atoms. The molecule has 2 rings (SSSR count). The summed E-state index contributed by atoms with van der Waals surface area (Å²) in [7, 11) is 0. The van der Waals surface area contributed by atoms with E-state index < -0.39 is 0 Å². The second kappa shape index (κ2) is 5.33. The molecule has 0 bridgehead atoms. The van der Waals surface area contributed by atoms with Crippen molar-refractivity contribution in [1.29, 1.82) is 0 Å². The average molecular weight is 264 g/mol. The molecule has 0 amide bonds. The number of nitrogens with zero attached hydrogens (tertiary/aromatic N) is 2. The van der Waals surface area contributed by atoms with E-state index in [9.17, 15) is 0 Å². The molecule has 1 unspecified atom stereocenters. The summed E-state index contributed by atoms with van der Waals surface area (Å²) in [6.07, 6.45) is 3.48. The van der Waals surface area contributed by atoms with Crippen LogP contribution in [-0.2, 0) is 4.74 Å². The van der Waals surface area contributed by atoms with Gasteiger partial charge in [0.15, 0.2) is 0 Å². The van der Waals surface area contributed by atoms with E-state index >= 15 is 0 Å². The molecule has 1 aromatic heterocycles. The first kappa shape index (κ1) is 14.1. The van der Waals surface area contributed by atoms with Crippen LogP contribution in [0.4, 0.5) is 11.6 Å². The van der Waals surface area contributed by atoms with Crippen LogP contribution >= 0.6 is 0 Å². The van der Waals surface area contributed by atoms with E-state index in [4.69, 9.17) is 10.5 Å². The Morgan fingerprint density at radius 2 is 2.16 bits per heavy atom. The van der Waals surface area contributed by atoms with Crippen LogP contribution in [0.15, 0.2) is 6.33 Å². The maximum absolute atomic E-state index is 5.96. The van der Waals surface area contributed by atoms with Gasteiger partial charge < -0.3 is 15.8 Å². The average Bonchev–Trinajstić information content (AvgIpc) is 2.26. The molecule has 1 fully saturated rings. The van der Waals surface area contributed by atoms with Gasteiger partial charge >= 0.3 is 0 Å². The molecule has 1 aromatic rings. The first-order valence-corrected chi connectivity index (χ1v) is 6.90. The number of hydrogen-bond acceptors (Lipinski definition) is 5. The van der Waals surface area contributed by atoms with Crippen LogP contribution in [0.25, 0.3) is 0 Å². The van der Waals surface area contributed by atoms with Gasteiger partial charge in [-0.2, -0.15) is 0 Å². The Morgan fingerprint density at radius 1 is 1.42 bits per heavy atom.